The Bertz CT molecular complexity index is 853. The highest BCUT2D eigenvalue weighted by molar-refractivity contribution is 5.75. The fourth-order valence-corrected chi connectivity index (χ4v) is 5.17. The van der Waals surface area contributed by atoms with Crippen molar-refractivity contribution in [3.05, 3.63) is 52.4 Å². The van der Waals surface area contributed by atoms with Gasteiger partial charge in [0.1, 0.15) is 11.9 Å². The van der Waals surface area contributed by atoms with E-state index in [-0.39, 0.29) is 29.0 Å². The molecule has 1 heterocycles. The van der Waals surface area contributed by atoms with Gasteiger partial charge in [0.25, 0.3) is 0 Å². The number of aliphatic hydroxyl groups is 1. The SMILES string of the molecule is Cc1cc(C2=C(/C=C/[C@@H]3C[C@@H](O)CC(=O)O3)C(C)(C)CC(C)(C)C2)cc(C)c1F. The zero-order valence-corrected chi connectivity index (χ0v) is 18.4. The van der Waals surface area contributed by atoms with E-state index in [1.165, 1.54) is 11.1 Å². The van der Waals surface area contributed by atoms with Gasteiger partial charge >= 0.3 is 5.97 Å². The van der Waals surface area contributed by atoms with Crippen LogP contribution in [0.15, 0.2) is 29.9 Å². The standard InChI is InChI=1S/C25H33FO3/c1-15-9-17(10-16(2)23(15)26)20-13-24(3,4)14-25(5,6)21(20)8-7-19-11-18(27)12-22(28)29-19/h7-10,18-19,27H,11-14H2,1-6H3/b8-7+/t18-,19-/m1/s1. The molecule has 0 bridgehead atoms. The summed E-state index contributed by atoms with van der Waals surface area (Å²) in [6, 6.07) is 3.88. The van der Waals surface area contributed by atoms with Crippen LogP contribution in [0.2, 0.25) is 0 Å². The lowest BCUT2D eigenvalue weighted by molar-refractivity contribution is -0.156. The van der Waals surface area contributed by atoms with Crippen molar-refractivity contribution < 1.29 is 19.0 Å². The zero-order chi connectivity index (χ0) is 21.6. The van der Waals surface area contributed by atoms with Crippen molar-refractivity contribution in [2.75, 3.05) is 0 Å². The smallest absolute Gasteiger partial charge is 0.309 e. The summed E-state index contributed by atoms with van der Waals surface area (Å²) in [6.07, 6.45) is 5.30. The first-order valence-corrected chi connectivity index (χ1v) is 10.4. The number of esters is 1. The van der Waals surface area contributed by atoms with Crippen LogP contribution in [0.3, 0.4) is 0 Å². The molecule has 158 valence electrons. The molecule has 0 unspecified atom stereocenters. The molecule has 2 aliphatic rings. The van der Waals surface area contributed by atoms with E-state index in [1.54, 1.807) is 0 Å². The quantitative estimate of drug-likeness (QED) is 0.666. The molecule has 0 radical (unpaired) electrons. The Morgan fingerprint density at radius 3 is 2.38 bits per heavy atom. The fraction of sp³-hybridized carbons (Fsp3) is 0.560. The van der Waals surface area contributed by atoms with Gasteiger partial charge in [0.2, 0.25) is 0 Å². The molecule has 1 fully saturated rings. The van der Waals surface area contributed by atoms with Crippen LogP contribution in [-0.2, 0) is 9.53 Å². The van der Waals surface area contributed by atoms with Gasteiger partial charge in [-0.15, -0.1) is 0 Å². The first-order chi connectivity index (χ1) is 13.4. The van der Waals surface area contributed by atoms with Crippen LogP contribution >= 0.6 is 0 Å². The van der Waals surface area contributed by atoms with Gasteiger partial charge < -0.3 is 9.84 Å². The van der Waals surface area contributed by atoms with Crippen LogP contribution in [0.25, 0.3) is 5.57 Å². The van der Waals surface area contributed by atoms with Crippen LogP contribution < -0.4 is 0 Å². The Balaban J connectivity index is 2.08. The largest absolute Gasteiger partial charge is 0.458 e. The van der Waals surface area contributed by atoms with Gasteiger partial charge in [0, 0.05) is 6.42 Å². The molecule has 1 aliphatic carbocycles. The lowest BCUT2D eigenvalue weighted by atomic mass is 9.61. The van der Waals surface area contributed by atoms with E-state index >= 15 is 0 Å². The van der Waals surface area contributed by atoms with E-state index in [2.05, 4.69) is 33.8 Å². The van der Waals surface area contributed by atoms with Crippen LogP contribution in [0, 0.1) is 30.5 Å². The molecule has 29 heavy (non-hydrogen) atoms. The molecule has 4 heteroatoms. The van der Waals surface area contributed by atoms with Gasteiger partial charge in [0.15, 0.2) is 0 Å². The van der Waals surface area contributed by atoms with E-state index in [0.717, 1.165) is 18.4 Å². The Kier molecular flexibility index (Phi) is 5.79. The molecule has 3 rings (SSSR count). The monoisotopic (exact) mass is 400 g/mol. The summed E-state index contributed by atoms with van der Waals surface area (Å²) in [5.74, 6) is -0.509. The number of carbonyl (C=O) groups excluding carboxylic acids is 1. The molecule has 0 amide bonds. The fourth-order valence-electron chi connectivity index (χ4n) is 5.17. The molecule has 1 N–H and O–H groups in total. The van der Waals surface area contributed by atoms with Gasteiger partial charge in [-0.1, -0.05) is 33.8 Å². The van der Waals surface area contributed by atoms with Crippen molar-refractivity contribution in [2.45, 2.75) is 79.4 Å². The van der Waals surface area contributed by atoms with E-state index in [4.69, 9.17) is 4.74 Å². The van der Waals surface area contributed by atoms with Crippen molar-refractivity contribution in [3.8, 4) is 0 Å². The highest BCUT2D eigenvalue weighted by Crippen LogP contribution is 2.52. The third-order valence-corrected chi connectivity index (χ3v) is 6.08. The topological polar surface area (TPSA) is 46.5 Å². The van der Waals surface area contributed by atoms with Gasteiger partial charge in [-0.3, -0.25) is 4.79 Å². The number of rotatable bonds is 3. The van der Waals surface area contributed by atoms with E-state index in [9.17, 15) is 14.3 Å². The third kappa shape index (κ3) is 4.80. The Hall–Kier alpha value is -1.94. The molecule has 3 nitrogen and oxygen atoms in total. The summed E-state index contributed by atoms with van der Waals surface area (Å²) in [5.41, 5.74) is 4.82. The Morgan fingerprint density at radius 2 is 1.79 bits per heavy atom. The second-order valence-corrected chi connectivity index (χ2v) is 10.2. The summed E-state index contributed by atoms with van der Waals surface area (Å²) < 4.78 is 19.6. The number of benzene rings is 1. The van der Waals surface area contributed by atoms with Crippen molar-refractivity contribution in [2.24, 2.45) is 10.8 Å². The summed E-state index contributed by atoms with van der Waals surface area (Å²) in [7, 11) is 0. The molecule has 1 aliphatic heterocycles. The van der Waals surface area contributed by atoms with Gasteiger partial charge in [0.05, 0.1) is 12.5 Å². The second-order valence-electron chi connectivity index (χ2n) is 10.2. The third-order valence-electron chi connectivity index (χ3n) is 6.08. The van der Waals surface area contributed by atoms with E-state index in [0.29, 0.717) is 17.5 Å². The number of cyclic esters (lactones) is 1. The summed E-state index contributed by atoms with van der Waals surface area (Å²) in [4.78, 5) is 11.7. The number of allylic oxidation sites excluding steroid dienone is 3. The predicted molar refractivity (Wildman–Crippen MR) is 114 cm³/mol. The number of aliphatic hydroxyl groups excluding tert-OH is 1. The number of hydrogen-bond acceptors (Lipinski definition) is 3. The van der Waals surface area contributed by atoms with Gasteiger partial charge in [-0.25, -0.2) is 4.39 Å². The van der Waals surface area contributed by atoms with Crippen molar-refractivity contribution >= 4 is 11.5 Å². The van der Waals surface area contributed by atoms with Crippen LogP contribution in [-0.4, -0.2) is 23.3 Å². The zero-order valence-electron chi connectivity index (χ0n) is 18.4. The molecular formula is C25H33FO3. The highest BCUT2D eigenvalue weighted by Gasteiger charge is 2.39. The van der Waals surface area contributed by atoms with Crippen LogP contribution in [0.4, 0.5) is 4.39 Å². The molecule has 1 aromatic carbocycles. The van der Waals surface area contributed by atoms with E-state index in [1.807, 2.05) is 32.1 Å². The second kappa shape index (κ2) is 7.71. The molecule has 1 aromatic rings. The van der Waals surface area contributed by atoms with Gasteiger partial charge in [-0.2, -0.15) is 0 Å². The average Bonchev–Trinajstić information content (AvgIpc) is 2.55. The molecule has 0 aromatic heterocycles. The maximum atomic E-state index is 14.2. The molecule has 2 atom stereocenters. The summed E-state index contributed by atoms with van der Waals surface area (Å²) in [5, 5.41) is 9.89. The number of carbonyl (C=O) groups is 1. The maximum absolute atomic E-state index is 14.2. The average molecular weight is 401 g/mol. The molecule has 0 saturated carbocycles. The number of halogens is 1. The maximum Gasteiger partial charge on any atom is 0.309 e. The lowest BCUT2D eigenvalue weighted by Crippen LogP contribution is -2.32. The highest BCUT2D eigenvalue weighted by atomic mass is 19.1. The van der Waals surface area contributed by atoms with Crippen LogP contribution in [0.1, 0.15) is 70.1 Å². The summed E-state index contributed by atoms with van der Waals surface area (Å²) >= 11 is 0. The van der Waals surface area contributed by atoms with Crippen molar-refractivity contribution in [1.29, 1.82) is 0 Å². The minimum atomic E-state index is -0.653. The number of ether oxygens (including phenoxy) is 1. The van der Waals surface area contributed by atoms with Crippen LogP contribution in [0.5, 0.6) is 0 Å². The lowest BCUT2D eigenvalue weighted by Gasteiger charge is -2.43. The minimum Gasteiger partial charge on any atom is -0.458 e. The minimum absolute atomic E-state index is 0.0616. The first kappa shape index (κ1) is 21.8. The molecule has 1 saturated heterocycles. The predicted octanol–water partition coefficient (Wildman–Crippen LogP) is 5.67. The van der Waals surface area contributed by atoms with Crippen molar-refractivity contribution in [1.82, 2.24) is 0 Å². The van der Waals surface area contributed by atoms with E-state index < -0.39 is 12.2 Å². The first-order valence-electron chi connectivity index (χ1n) is 10.4. The Labute approximate surface area is 173 Å². The van der Waals surface area contributed by atoms with Gasteiger partial charge in [-0.05, 0) is 83.6 Å². The number of aryl methyl sites for hydroxylation is 2. The Morgan fingerprint density at radius 1 is 1.17 bits per heavy atom. The van der Waals surface area contributed by atoms with Crippen molar-refractivity contribution in [3.63, 3.8) is 0 Å². The summed E-state index contributed by atoms with van der Waals surface area (Å²) in [6.45, 7) is 12.6. The number of hydrogen-bond donors (Lipinski definition) is 1. The normalized spacial score (nSPS) is 26.7. The molecule has 0 spiro atoms. The molecular weight excluding hydrogens is 367 g/mol.